The summed E-state index contributed by atoms with van der Waals surface area (Å²) < 4.78 is 0. The first-order valence-electron chi connectivity index (χ1n) is 4.91. The first-order chi connectivity index (χ1) is 6.33. The second-order valence-corrected chi connectivity index (χ2v) is 3.84. The smallest absolute Gasteiger partial charge is 0.229 e. The number of hydrogen-bond donors (Lipinski definition) is 3. The summed E-state index contributed by atoms with van der Waals surface area (Å²) >= 11 is 3.91. The molecule has 1 fully saturated rings. The van der Waals surface area contributed by atoms with Crippen LogP contribution in [0.2, 0.25) is 0 Å². The monoisotopic (exact) mass is 202 g/mol. The molecule has 2 N–H and O–H groups in total. The van der Waals surface area contributed by atoms with Gasteiger partial charge in [-0.3, -0.25) is 4.79 Å². The summed E-state index contributed by atoms with van der Waals surface area (Å²) in [5.41, 5.74) is 0. The van der Waals surface area contributed by atoms with Crippen LogP contribution in [0.4, 0.5) is 0 Å². The van der Waals surface area contributed by atoms with Crippen molar-refractivity contribution >= 4 is 18.5 Å². The van der Waals surface area contributed by atoms with Crippen molar-refractivity contribution in [1.82, 2.24) is 10.6 Å². The molecule has 0 aromatic heterocycles. The number of carbonyl (C=O) groups is 1. The highest BCUT2D eigenvalue weighted by Gasteiger charge is 2.11. The Balaban J connectivity index is 2.15. The van der Waals surface area contributed by atoms with Crippen LogP contribution in [0.15, 0.2) is 0 Å². The summed E-state index contributed by atoms with van der Waals surface area (Å²) in [4.78, 5) is 10.9. The van der Waals surface area contributed by atoms with Crippen LogP contribution in [0.25, 0.3) is 0 Å². The molecular weight excluding hydrogens is 184 g/mol. The molecule has 13 heavy (non-hydrogen) atoms. The molecule has 1 amide bonds. The molecular formula is C9H18N2OS. The highest BCUT2D eigenvalue weighted by molar-refractivity contribution is 7.81. The molecule has 4 heteroatoms. The molecule has 0 aromatic rings. The molecule has 1 saturated heterocycles. The van der Waals surface area contributed by atoms with Gasteiger partial charge in [0.25, 0.3) is 0 Å². The molecule has 1 heterocycles. The molecule has 76 valence electrons. The van der Waals surface area contributed by atoms with Crippen LogP contribution >= 0.6 is 12.6 Å². The molecule has 1 atom stereocenters. The average Bonchev–Trinajstić information content (AvgIpc) is 2.42. The van der Waals surface area contributed by atoms with E-state index in [1.165, 1.54) is 19.3 Å². The summed E-state index contributed by atoms with van der Waals surface area (Å²) in [5.74, 6) is 0.930. The maximum absolute atomic E-state index is 10.9. The summed E-state index contributed by atoms with van der Waals surface area (Å²) in [6.45, 7) is 2.95. The third kappa shape index (κ3) is 4.52. The fourth-order valence-electron chi connectivity index (χ4n) is 1.58. The van der Waals surface area contributed by atoms with E-state index in [0.29, 0.717) is 11.7 Å². The van der Waals surface area contributed by atoms with Gasteiger partial charge in [0.1, 0.15) is 0 Å². The Bertz CT molecular complexity index is 156. The van der Waals surface area contributed by atoms with Gasteiger partial charge in [-0.1, -0.05) is 6.42 Å². The fraction of sp³-hybridized carbons (Fsp3) is 0.889. The van der Waals surface area contributed by atoms with Crippen LogP contribution in [0.5, 0.6) is 0 Å². The SMILES string of the molecule is O=C(CS)NCC1CCCCNC1. The number of amides is 1. The largest absolute Gasteiger partial charge is 0.355 e. The highest BCUT2D eigenvalue weighted by atomic mass is 32.1. The Morgan fingerprint density at radius 2 is 2.38 bits per heavy atom. The zero-order chi connectivity index (χ0) is 9.52. The Hall–Kier alpha value is -0.220. The third-order valence-electron chi connectivity index (χ3n) is 2.38. The zero-order valence-electron chi connectivity index (χ0n) is 7.88. The minimum atomic E-state index is 0.0348. The Morgan fingerprint density at radius 3 is 3.15 bits per heavy atom. The molecule has 0 aromatic carbocycles. The summed E-state index contributed by atoms with van der Waals surface area (Å²) in [6, 6.07) is 0. The highest BCUT2D eigenvalue weighted by Crippen LogP contribution is 2.09. The van der Waals surface area contributed by atoms with Crippen LogP contribution in [-0.2, 0) is 4.79 Å². The van der Waals surface area contributed by atoms with Gasteiger partial charge in [0.15, 0.2) is 0 Å². The van der Waals surface area contributed by atoms with Gasteiger partial charge < -0.3 is 10.6 Å². The van der Waals surface area contributed by atoms with E-state index in [1.54, 1.807) is 0 Å². The van der Waals surface area contributed by atoms with E-state index in [9.17, 15) is 4.79 Å². The predicted molar refractivity (Wildman–Crippen MR) is 57.1 cm³/mol. The van der Waals surface area contributed by atoms with Gasteiger partial charge in [-0.05, 0) is 31.8 Å². The van der Waals surface area contributed by atoms with Crippen molar-refractivity contribution in [2.24, 2.45) is 5.92 Å². The maximum Gasteiger partial charge on any atom is 0.229 e. The van der Waals surface area contributed by atoms with Crippen molar-refractivity contribution in [1.29, 1.82) is 0 Å². The second kappa shape index (κ2) is 6.27. The van der Waals surface area contributed by atoms with E-state index < -0.39 is 0 Å². The van der Waals surface area contributed by atoms with Gasteiger partial charge in [0.2, 0.25) is 5.91 Å². The maximum atomic E-state index is 10.9. The van der Waals surface area contributed by atoms with Crippen molar-refractivity contribution in [2.45, 2.75) is 19.3 Å². The summed E-state index contributed by atoms with van der Waals surface area (Å²) in [7, 11) is 0. The van der Waals surface area contributed by atoms with E-state index >= 15 is 0 Å². The predicted octanol–water partition coefficient (Wildman–Crippen LogP) is 0.422. The molecule has 3 nitrogen and oxygen atoms in total. The van der Waals surface area contributed by atoms with E-state index in [4.69, 9.17) is 0 Å². The van der Waals surface area contributed by atoms with Crippen LogP contribution in [-0.4, -0.2) is 31.3 Å². The molecule has 0 saturated carbocycles. The number of carbonyl (C=O) groups excluding carboxylic acids is 1. The fourth-order valence-corrected chi connectivity index (χ4v) is 1.69. The van der Waals surface area contributed by atoms with E-state index in [2.05, 4.69) is 23.3 Å². The Morgan fingerprint density at radius 1 is 1.54 bits per heavy atom. The minimum absolute atomic E-state index is 0.0348. The van der Waals surface area contributed by atoms with E-state index in [1.807, 2.05) is 0 Å². The lowest BCUT2D eigenvalue weighted by molar-refractivity contribution is -0.118. The zero-order valence-corrected chi connectivity index (χ0v) is 8.78. The van der Waals surface area contributed by atoms with Gasteiger partial charge in [0.05, 0.1) is 5.75 Å². The van der Waals surface area contributed by atoms with Gasteiger partial charge >= 0.3 is 0 Å². The molecule has 0 bridgehead atoms. The second-order valence-electron chi connectivity index (χ2n) is 3.53. The average molecular weight is 202 g/mol. The molecule has 1 aliphatic rings. The molecule has 0 aliphatic carbocycles. The topological polar surface area (TPSA) is 41.1 Å². The minimum Gasteiger partial charge on any atom is -0.355 e. The summed E-state index contributed by atoms with van der Waals surface area (Å²) in [5, 5.41) is 6.24. The standard InChI is InChI=1S/C9H18N2OS/c12-9(7-13)11-6-8-3-1-2-4-10-5-8/h8,10,13H,1-7H2,(H,11,12). The third-order valence-corrected chi connectivity index (χ3v) is 2.67. The lowest BCUT2D eigenvalue weighted by atomic mass is 10.0. The summed E-state index contributed by atoms with van der Waals surface area (Å²) in [6.07, 6.45) is 3.76. The van der Waals surface area contributed by atoms with Gasteiger partial charge in [-0.15, -0.1) is 0 Å². The van der Waals surface area contributed by atoms with Crippen LogP contribution < -0.4 is 10.6 Å². The number of thiol groups is 1. The van der Waals surface area contributed by atoms with Crippen molar-refractivity contribution < 1.29 is 4.79 Å². The first kappa shape index (κ1) is 10.9. The number of rotatable bonds is 3. The molecule has 1 rings (SSSR count). The van der Waals surface area contributed by atoms with Gasteiger partial charge in [0, 0.05) is 6.54 Å². The van der Waals surface area contributed by atoms with Gasteiger partial charge in [-0.25, -0.2) is 0 Å². The van der Waals surface area contributed by atoms with Crippen molar-refractivity contribution in [2.75, 3.05) is 25.4 Å². The van der Waals surface area contributed by atoms with Crippen LogP contribution in [0.1, 0.15) is 19.3 Å². The van der Waals surface area contributed by atoms with Crippen molar-refractivity contribution in [3.63, 3.8) is 0 Å². The Labute approximate surface area is 85.1 Å². The number of nitrogens with one attached hydrogen (secondary N) is 2. The Kier molecular flexibility index (Phi) is 5.23. The number of hydrogen-bond acceptors (Lipinski definition) is 3. The van der Waals surface area contributed by atoms with Crippen molar-refractivity contribution in [3.8, 4) is 0 Å². The quantitative estimate of drug-likeness (QED) is 0.581. The van der Waals surface area contributed by atoms with Crippen molar-refractivity contribution in [3.05, 3.63) is 0 Å². The molecule has 1 unspecified atom stereocenters. The van der Waals surface area contributed by atoms with E-state index in [0.717, 1.165) is 19.6 Å². The molecule has 0 spiro atoms. The van der Waals surface area contributed by atoms with Gasteiger partial charge in [-0.2, -0.15) is 12.6 Å². The van der Waals surface area contributed by atoms with E-state index in [-0.39, 0.29) is 5.91 Å². The molecule has 0 radical (unpaired) electrons. The lowest BCUT2D eigenvalue weighted by Gasteiger charge is -2.14. The van der Waals surface area contributed by atoms with Crippen LogP contribution in [0, 0.1) is 5.92 Å². The first-order valence-corrected chi connectivity index (χ1v) is 5.54. The normalized spacial score (nSPS) is 23.6. The van der Waals surface area contributed by atoms with Crippen LogP contribution in [0.3, 0.4) is 0 Å². The lowest BCUT2D eigenvalue weighted by Crippen LogP contribution is -2.34. The molecule has 1 aliphatic heterocycles.